The molecular formula is C23H21F6N3O2. The van der Waals surface area contributed by atoms with E-state index >= 15 is 0 Å². The zero-order valence-electron chi connectivity index (χ0n) is 18.6. The fourth-order valence-corrected chi connectivity index (χ4v) is 4.78. The van der Waals surface area contributed by atoms with Crippen LogP contribution in [0.4, 0.5) is 32.0 Å². The first-order valence-corrected chi connectivity index (χ1v) is 10.2. The molecule has 0 radical (unpaired) electrons. The summed E-state index contributed by atoms with van der Waals surface area (Å²) in [6.45, 7) is 4.31. The van der Waals surface area contributed by atoms with Crippen LogP contribution in [0.5, 0.6) is 5.75 Å². The van der Waals surface area contributed by atoms with Gasteiger partial charge < -0.3 is 15.2 Å². The summed E-state index contributed by atoms with van der Waals surface area (Å²) in [5.74, 6) is -3.55. The smallest absolute Gasteiger partial charge is 0.419 e. The normalized spacial score (nSPS) is 21.9. The molecule has 1 aromatic heterocycles. The molecule has 0 bridgehead atoms. The number of alkyl halides is 3. The highest BCUT2D eigenvalue weighted by atomic mass is 19.4. The molecule has 2 atom stereocenters. The highest BCUT2D eigenvalue weighted by molar-refractivity contribution is 5.91. The van der Waals surface area contributed by atoms with Crippen molar-refractivity contribution in [3.8, 4) is 5.75 Å². The summed E-state index contributed by atoms with van der Waals surface area (Å²) in [6.07, 6.45) is -4.85. The molecule has 4 rings (SSSR count). The minimum absolute atomic E-state index is 0.0884. The summed E-state index contributed by atoms with van der Waals surface area (Å²) >= 11 is 0. The van der Waals surface area contributed by atoms with Crippen molar-refractivity contribution in [1.29, 1.82) is 0 Å². The summed E-state index contributed by atoms with van der Waals surface area (Å²) in [5.41, 5.74) is -5.38. The van der Waals surface area contributed by atoms with Gasteiger partial charge in [0.05, 0.1) is 13.2 Å². The topological polar surface area (TPSA) is 67.3 Å². The number of ether oxygens (including phenoxy) is 1. The summed E-state index contributed by atoms with van der Waals surface area (Å²) in [5, 5.41) is 13.5. The van der Waals surface area contributed by atoms with Gasteiger partial charge in [-0.05, 0) is 30.4 Å². The van der Waals surface area contributed by atoms with Crippen molar-refractivity contribution in [3.63, 3.8) is 0 Å². The van der Waals surface area contributed by atoms with E-state index in [0.717, 1.165) is 18.3 Å². The lowest BCUT2D eigenvalue weighted by atomic mass is 9.63. The number of hydrogen-bond donors (Lipinski definition) is 2. The maximum Gasteiger partial charge on any atom is 0.419 e. The maximum absolute atomic E-state index is 14.5. The second-order valence-corrected chi connectivity index (χ2v) is 9.00. The molecule has 0 saturated heterocycles. The third-order valence-electron chi connectivity index (χ3n) is 6.20. The number of methoxy groups -OCH3 is 1. The average molecular weight is 485 g/mol. The molecule has 1 aliphatic rings. The minimum atomic E-state index is -5.14. The quantitative estimate of drug-likeness (QED) is 0.480. The summed E-state index contributed by atoms with van der Waals surface area (Å²) in [7, 11) is 1.18. The van der Waals surface area contributed by atoms with E-state index in [0.29, 0.717) is 6.07 Å². The number of halogens is 6. The van der Waals surface area contributed by atoms with Gasteiger partial charge in [-0.2, -0.15) is 13.2 Å². The molecule has 0 saturated carbocycles. The molecule has 1 heterocycles. The predicted molar refractivity (Wildman–Crippen MR) is 112 cm³/mol. The van der Waals surface area contributed by atoms with Crippen molar-refractivity contribution >= 4 is 16.6 Å². The molecule has 0 aliphatic heterocycles. The van der Waals surface area contributed by atoms with Gasteiger partial charge in [0, 0.05) is 28.9 Å². The molecule has 2 N–H and O–H groups in total. The number of benzene rings is 2. The average Bonchev–Trinajstić information content (AvgIpc) is 2.73. The molecule has 0 unspecified atom stereocenters. The monoisotopic (exact) mass is 485 g/mol. The Labute approximate surface area is 190 Å². The molecule has 0 fully saturated rings. The summed E-state index contributed by atoms with van der Waals surface area (Å²) < 4.78 is 91.4. The van der Waals surface area contributed by atoms with E-state index in [1.165, 1.54) is 27.9 Å². The number of nitrogens with one attached hydrogen (secondary N) is 1. The number of hydrogen-bond acceptors (Lipinski definition) is 5. The molecule has 2 aromatic carbocycles. The van der Waals surface area contributed by atoms with Crippen LogP contribution in [-0.4, -0.2) is 34.0 Å². The van der Waals surface area contributed by atoms with Crippen molar-refractivity contribution in [2.75, 3.05) is 12.4 Å². The summed E-state index contributed by atoms with van der Waals surface area (Å²) in [6, 6.07) is 0.804. The lowest BCUT2D eigenvalue weighted by Gasteiger charge is -2.49. The van der Waals surface area contributed by atoms with Gasteiger partial charge >= 0.3 is 6.18 Å². The number of rotatable bonds is 3. The van der Waals surface area contributed by atoms with E-state index in [2.05, 4.69) is 15.3 Å². The Morgan fingerprint density at radius 1 is 1.15 bits per heavy atom. The summed E-state index contributed by atoms with van der Waals surface area (Å²) in [4.78, 5) is 7.79. The number of aryl methyl sites for hydroxylation is 1. The zero-order valence-corrected chi connectivity index (χ0v) is 18.6. The molecule has 0 amide bonds. The second-order valence-electron chi connectivity index (χ2n) is 9.00. The van der Waals surface area contributed by atoms with Gasteiger partial charge in [-0.25, -0.2) is 23.1 Å². The molecule has 34 heavy (non-hydrogen) atoms. The van der Waals surface area contributed by atoms with Gasteiger partial charge in [-0.3, -0.25) is 0 Å². The molecule has 3 aromatic rings. The van der Waals surface area contributed by atoms with Crippen LogP contribution >= 0.6 is 0 Å². The van der Waals surface area contributed by atoms with Crippen LogP contribution in [0.2, 0.25) is 0 Å². The first-order valence-electron chi connectivity index (χ1n) is 10.2. The van der Waals surface area contributed by atoms with E-state index in [4.69, 9.17) is 4.74 Å². The minimum Gasteiger partial charge on any atom is -0.493 e. The molecular weight excluding hydrogens is 464 g/mol. The lowest BCUT2D eigenvalue weighted by Crippen LogP contribution is -2.58. The molecule has 182 valence electrons. The lowest BCUT2D eigenvalue weighted by molar-refractivity contribution is -0.275. The second kappa shape index (κ2) is 7.72. The Hall–Kier alpha value is -3.08. The van der Waals surface area contributed by atoms with E-state index in [1.807, 2.05) is 0 Å². The third kappa shape index (κ3) is 3.53. The van der Waals surface area contributed by atoms with E-state index in [9.17, 15) is 31.4 Å². The number of nitrogens with zero attached hydrogens (tertiary/aromatic N) is 2. The number of anilines is 1. The zero-order chi connectivity index (χ0) is 25.2. The Balaban J connectivity index is 2.01. The van der Waals surface area contributed by atoms with Crippen LogP contribution in [0.25, 0.3) is 10.9 Å². The number of aromatic nitrogens is 2. The fraction of sp³-hybridized carbons (Fsp3) is 0.391. The van der Waals surface area contributed by atoms with E-state index in [-0.39, 0.29) is 33.8 Å². The van der Waals surface area contributed by atoms with Crippen LogP contribution in [0.15, 0.2) is 24.4 Å². The van der Waals surface area contributed by atoms with Crippen LogP contribution in [0, 0.1) is 24.4 Å². The molecule has 1 aliphatic carbocycles. The van der Waals surface area contributed by atoms with Crippen LogP contribution in [0.1, 0.15) is 43.3 Å². The highest BCUT2D eigenvalue weighted by Gasteiger charge is 2.64. The van der Waals surface area contributed by atoms with Gasteiger partial charge in [0.15, 0.2) is 28.8 Å². The molecule has 0 spiro atoms. The van der Waals surface area contributed by atoms with Crippen LogP contribution < -0.4 is 10.1 Å². The van der Waals surface area contributed by atoms with Crippen molar-refractivity contribution in [1.82, 2.24) is 9.97 Å². The first kappa shape index (κ1) is 24.1. The Bertz CT molecular complexity index is 1290. The Morgan fingerprint density at radius 3 is 2.44 bits per heavy atom. The van der Waals surface area contributed by atoms with Gasteiger partial charge in [0.25, 0.3) is 0 Å². The van der Waals surface area contributed by atoms with Gasteiger partial charge in [-0.1, -0.05) is 19.9 Å². The predicted octanol–water partition coefficient (Wildman–Crippen LogP) is 5.49. The Kier molecular flexibility index (Phi) is 5.47. The SMILES string of the molecule is COc1c(F)ccc2c1C(C)(C)C[C@](O)(C(F)(F)F)[C@@H]2Nc1cc(F)c(F)c2nc(C)ncc12. The standard InChI is InChI=1S/C23H21F6N3O2/c1-10-30-8-12-15(7-14(25)17(26)18(12)31-10)32-20-11-5-6-13(24)19(34-4)16(11)21(2,3)9-22(20,33)23(27,28)29/h5-8,20,32-33H,9H2,1-4H3/t20-,22-/m1/s1. The first-order chi connectivity index (χ1) is 15.7. The van der Waals surface area contributed by atoms with Crippen LogP contribution in [-0.2, 0) is 5.41 Å². The third-order valence-corrected chi connectivity index (χ3v) is 6.20. The van der Waals surface area contributed by atoms with Crippen LogP contribution in [0.3, 0.4) is 0 Å². The maximum atomic E-state index is 14.5. The van der Waals surface area contributed by atoms with Gasteiger partial charge in [0.1, 0.15) is 11.3 Å². The number of aliphatic hydroxyl groups is 1. The Morgan fingerprint density at radius 2 is 1.82 bits per heavy atom. The fourth-order valence-electron chi connectivity index (χ4n) is 4.78. The van der Waals surface area contributed by atoms with Gasteiger partial charge in [0.2, 0.25) is 0 Å². The van der Waals surface area contributed by atoms with Crippen molar-refractivity contribution in [2.45, 2.75) is 50.4 Å². The number of fused-ring (bicyclic) bond motifs is 2. The van der Waals surface area contributed by atoms with E-state index in [1.54, 1.807) is 0 Å². The van der Waals surface area contributed by atoms with Crippen molar-refractivity contribution in [2.24, 2.45) is 0 Å². The van der Waals surface area contributed by atoms with Crippen molar-refractivity contribution in [3.05, 3.63) is 58.8 Å². The van der Waals surface area contributed by atoms with Crippen molar-refractivity contribution < 1.29 is 36.2 Å². The molecule has 11 heteroatoms. The van der Waals surface area contributed by atoms with E-state index < -0.39 is 52.6 Å². The molecule has 5 nitrogen and oxygen atoms in total. The van der Waals surface area contributed by atoms with Gasteiger partial charge in [-0.15, -0.1) is 0 Å². The highest BCUT2D eigenvalue weighted by Crippen LogP contribution is 2.56. The largest absolute Gasteiger partial charge is 0.493 e.